The standard InChI is InChI=1S/C18H25N5OS/c1-11-5-12(2)8-15(7-11)19-16(24)20-17-21-22-18(25-17)23-9-13(3)6-14(4)10-23/h5,7-8,13-14H,6,9-10H2,1-4H3,(H2,19,20,21,24)/t13-,14-/m0/s1. The minimum Gasteiger partial charge on any atom is -0.346 e. The number of nitrogens with one attached hydrogen (secondary N) is 2. The Bertz CT molecular complexity index is 729. The number of aromatic nitrogens is 2. The minimum atomic E-state index is -0.298. The van der Waals surface area contributed by atoms with Crippen molar-refractivity contribution in [3.05, 3.63) is 29.3 Å². The Morgan fingerprint density at radius 2 is 1.72 bits per heavy atom. The molecule has 1 aliphatic heterocycles. The lowest BCUT2D eigenvalue weighted by atomic mass is 9.92. The summed E-state index contributed by atoms with van der Waals surface area (Å²) in [6.45, 7) is 10.5. The molecule has 1 aliphatic rings. The van der Waals surface area contributed by atoms with Gasteiger partial charge in [0.25, 0.3) is 0 Å². The van der Waals surface area contributed by atoms with Gasteiger partial charge in [0, 0.05) is 18.8 Å². The Kier molecular flexibility index (Phi) is 5.22. The van der Waals surface area contributed by atoms with E-state index in [9.17, 15) is 4.79 Å². The van der Waals surface area contributed by atoms with Crippen molar-refractivity contribution in [3.63, 3.8) is 0 Å². The quantitative estimate of drug-likeness (QED) is 0.858. The zero-order valence-corrected chi connectivity index (χ0v) is 16.0. The third kappa shape index (κ3) is 4.69. The highest BCUT2D eigenvalue weighted by molar-refractivity contribution is 7.19. The highest BCUT2D eigenvalue weighted by Crippen LogP contribution is 2.30. The molecule has 0 radical (unpaired) electrons. The molecule has 0 aliphatic carbocycles. The van der Waals surface area contributed by atoms with Gasteiger partial charge < -0.3 is 10.2 Å². The summed E-state index contributed by atoms with van der Waals surface area (Å²) in [4.78, 5) is 14.5. The van der Waals surface area contributed by atoms with Crippen molar-refractivity contribution in [2.75, 3.05) is 28.6 Å². The molecule has 2 amide bonds. The SMILES string of the molecule is Cc1cc(C)cc(NC(=O)Nc2nnc(N3C[C@@H](C)C[C@H](C)C3)s2)c1. The summed E-state index contributed by atoms with van der Waals surface area (Å²) in [5.41, 5.74) is 3.00. The summed E-state index contributed by atoms with van der Waals surface area (Å²) in [6, 6.07) is 5.65. The fourth-order valence-electron chi connectivity index (χ4n) is 3.52. The molecule has 0 saturated carbocycles. The third-order valence-corrected chi connectivity index (χ3v) is 5.15. The average Bonchev–Trinajstić information content (AvgIpc) is 2.93. The molecule has 1 saturated heterocycles. The van der Waals surface area contributed by atoms with Crippen molar-refractivity contribution < 1.29 is 4.79 Å². The Hall–Kier alpha value is -2.15. The second kappa shape index (κ2) is 7.39. The van der Waals surface area contributed by atoms with Crippen LogP contribution < -0.4 is 15.5 Å². The van der Waals surface area contributed by atoms with Crippen molar-refractivity contribution in [2.45, 2.75) is 34.1 Å². The minimum absolute atomic E-state index is 0.298. The van der Waals surface area contributed by atoms with Gasteiger partial charge in [0.1, 0.15) is 0 Å². The summed E-state index contributed by atoms with van der Waals surface area (Å²) in [6.07, 6.45) is 1.25. The molecule has 1 aromatic carbocycles. The van der Waals surface area contributed by atoms with E-state index in [1.54, 1.807) is 0 Å². The van der Waals surface area contributed by atoms with Crippen molar-refractivity contribution in [1.29, 1.82) is 0 Å². The van der Waals surface area contributed by atoms with Crippen molar-refractivity contribution in [3.8, 4) is 0 Å². The number of carbonyl (C=O) groups excluding carboxylic acids is 1. The van der Waals surface area contributed by atoms with E-state index in [0.29, 0.717) is 17.0 Å². The van der Waals surface area contributed by atoms with Crippen LogP contribution in [0.1, 0.15) is 31.4 Å². The van der Waals surface area contributed by atoms with Gasteiger partial charge in [-0.25, -0.2) is 4.79 Å². The van der Waals surface area contributed by atoms with Gasteiger partial charge in [0.2, 0.25) is 10.3 Å². The maximum atomic E-state index is 12.2. The number of nitrogens with zero attached hydrogens (tertiary/aromatic N) is 3. The molecule has 0 spiro atoms. The Morgan fingerprint density at radius 3 is 2.36 bits per heavy atom. The van der Waals surface area contributed by atoms with Crippen LogP contribution in [0.2, 0.25) is 0 Å². The molecular weight excluding hydrogens is 334 g/mol. The highest BCUT2D eigenvalue weighted by Gasteiger charge is 2.24. The number of anilines is 3. The monoisotopic (exact) mass is 359 g/mol. The first-order chi connectivity index (χ1) is 11.9. The van der Waals surface area contributed by atoms with Crippen molar-refractivity contribution in [1.82, 2.24) is 10.2 Å². The summed E-state index contributed by atoms with van der Waals surface area (Å²) in [5, 5.41) is 15.4. The van der Waals surface area contributed by atoms with Crippen LogP contribution in [0.3, 0.4) is 0 Å². The normalized spacial score (nSPS) is 20.4. The number of piperidine rings is 1. The molecule has 2 N–H and O–H groups in total. The maximum absolute atomic E-state index is 12.2. The van der Waals surface area contributed by atoms with Crippen LogP contribution in [-0.2, 0) is 0 Å². The Labute approximate surface area is 152 Å². The maximum Gasteiger partial charge on any atom is 0.325 e. The molecule has 0 bridgehead atoms. The summed E-state index contributed by atoms with van der Waals surface area (Å²) < 4.78 is 0. The van der Waals surface area contributed by atoms with Gasteiger partial charge in [0.15, 0.2) is 0 Å². The summed E-state index contributed by atoms with van der Waals surface area (Å²) in [5.74, 6) is 1.30. The third-order valence-electron chi connectivity index (χ3n) is 4.25. The Morgan fingerprint density at radius 1 is 1.08 bits per heavy atom. The molecule has 2 atom stereocenters. The first-order valence-electron chi connectivity index (χ1n) is 8.64. The first-order valence-corrected chi connectivity index (χ1v) is 9.45. The van der Waals surface area contributed by atoms with E-state index in [1.807, 2.05) is 26.0 Å². The van der Waals surface area contributed by atoms with Crippen molar-refractivity contribution >= 4 is 33.3 Å². The second-order valence-corrected chi connectivity index (χ2v) is 8.15. The van der Waals surface area contributed by atoms with E-state index in [1.165, 1.54) is 17.8 Å². The van der Waals surface area contributed by atoms with Gasteiger partial charge in [-0.3, -0.25) is 5.32 Å². The van der Waals surface area contributed by atoms with Crippen molar-refractivity contribution in [2.24, 2.45) is 11.8 Å². The van der Waals surface area contributed by atoms with Gasteiger partial charge in [-0.15, -0.1) is 10.2 Å². The van der Waals surface area contributed by atoms with E-state index < -0.39 is 0 Å². The zero-order chi connectivity index (χ0) is 18.0. The molecule has 2 aromatic rings. The fourth-order valence-corrected chi connectivity index (χ4v) is 4.28. The smallest absolute Gasteiger partial charge is 0.325 e. The summed E-state index contributed by atoms with van der Waals surface area (Å²) >= 11 is 1.42. The molecule has 1 fully saturated rings. The highest BCUT2D eigenvalue weighted by atomic mass is 32.1. The van der Waals surface area contributed by atoms with Crippen LogP contribution >= 0.6 is 11.3 Å². The molecule has 6 nitrogen and oxygen atoms in total. The number of urea groups is 1. The number of benzene rings is 1. The lowest BCUT2D eigenvalue weighted by Crippen LogP contribution is -2.38. The summed E-state index contributed by atoms with van der Waals surface area (Å²) in [7, 11) is 0. The van der Waals surface area contributed by atoms with Crippen LogP contribution in [0.15, 0.2) is 18.2 Å². The van der Waals surface area contributed by atoms with Crippen LogP contribution in [0.4, 0.5) is 20.7 Å². The van der Waals surface area contributed by atoms with Gasteiger partial charge in [-0.1, -0.05) is 31.3 Å². The molecule has 7 heteroatoms. The van der Waals surface area contributed by atoms with Crippen LogP contribution in [0.25, 0.3) is 0 Å². The number of rotatable bonds is 3. The number of carbonyl (C=O) groups is 1. The fraction of sp³-hybridized carbons (Fsp3) is 0.500. The lowest BCUT2D eigenvalue weighted by Gasteiger charge is -2.34. The largest absolute Gasteiger partial charge is 0.346 e. The molecule has 134 valence electrons. The van der Waals surface area contributed by atoms with Gasteiger partial charge >= 0.3 is 6.03 Å². The molecule has 25 heavy (non-hydrogen) atoms. The number of hydrogen-bond donors (Lipinski definition) is 2. The average molecular weight is 359 g/mol. The molecule has 1 aromatic heterocycles. The lowest BCUT2D eigenvalue weighted by molar-refractivity contribution is 0.262. The predicted octanol–water partition coefficient (Wildman–Crippen LogP) is 4.28. The van der Waals surface area contributed by atoms with E-state index >= 15 is 0 Å². The predicted molar refractivity (Wildman–Crippen MR) is 104 cm³/mol. The number of aryl methyl sites for hydroxylation is 2. The topological polar surface area (TPSA) is 70.1 Å². The van der Waals surface area contributed by atoms with Crippen LogP contribution in [0, 0.1) is 25.7 Å². The molecule has 0 unspecified atom stereocenters. The first kappa shape index (κ1) is 17.7. The van der Waals surface area contributed by atoms with Gasteiger partial charge in [-0.05, 0) is 55.4 Å². The van der Waals surface area contributed by atoms with E-state index in [0.717, 1.165) is 35.0 Å². The molecule has 3 rings (SSSR count). The van der Waals surface area contributed by atoms with Gasteiger partial charge in [0.05, 0.1) is 0 Å². The number of hydrogen-bond acceptors (Lipinski definition) is 5. The van der Waals surface area contributed by atoms with Crippen LogP contribution in [-0.4, -0.2) is 29.3 Å². The number of amides is 2. The second-order valence-electron chi connectivity index (χ2n) is 7.20. The molecular formula is C18H25N5OS. The van der Waals surface area contributed by atoms with E-state index in [2.05, 4.69) is 45.6 Å². The van der Waals surface area contributed by atoms with Gasteiger partial charge in [-0.2, -0.15) is 0 Å². The van der Waals surface area contributed by atoms with Crippen LogP contribution in [0.5, 0.6) is 0 Å². The van der Waals surface area contributed by atoms with E-state index in [4.69, 9.17) is 0 Å². The Balaban J connectivity index is 1.61. The van der Waals surface area contributed by atoms with E-state index in [-0.39, 0.29) is 6.03 Å². The molecule has 2 heterocycles. The zero-order valence-electron chi connectivity index (χ0n) is 15.2.